The molecular weight excluding hydrogens is 178 g/mol. The number of nitrogens with one attached hydrogen (secondary N) is 1. The predicted octanol–water partition coefficient (Wildman–Crippen LogP) is 1.30. The number of ether oxygens (including phenoxy) is 1. The van der Waals surface area contributed by atoms with Crippen LogP contribution in [0.15, 0.2) is 0 Å². The van der Waals surface area contributed by atoms with Crippen molar-refractivity contribution in [3.05, 3.63) is 0 Å². The minimum Gasteiger partial charge on any atom is -0.396 e. The van der Waals surface area contributed by atoms with Gasteiger partial charge in [-0.3, -0.25) is 0 Å². The number of hydrogen-bond acceptors (Lipinski definition) is 3. The van der Waals surface area contributed by atoms with E-state index in [1.54, 1.807) is 0 Å². The van der Waals surface area contributed by atoms with Crippen LogP contribution in [0.25, 0.3) is 0 Å². The van der Waals surface area contributed by atoms with Gasteiger partial charge in [0.1, 0.15) is 0 Å². The van der Waals surface area contributed by atoms with E-state index in [0.717, 1.165) is 19.4 Å². The molecule has 0 aromatic carbocycles. The largest absolute Gasteiger partial charge is 0.396 e. The topological polar surface area (TPSA) is 41.5 Å². The Hall–Kier alpha value is -0.120. The zero-order chi connectivity index (χ0) is 10.4. The molecule has 0 aromatic heterocycles. The molecule has 84 valence electrons. The van der Waals surface area contributed by atoms with Gasteiger partial charge in [-0.05, 0) is 32.6 Å². The summed E-state index contributed by atoms with van der Waals surface area (Å²) in [5.74, 6) is 0. The van der Waals surface area contributed by atoms with Crippen molar-refractivity contribution in [2.75, 3.05) is 13.2 Å². The fourth-order valence-corrected chi connectivity index (χ4v) is 1.94. The number of hydrogen-bond donors (Lipinski definition) is 2. The Balaban J connectivity index is 2.12. The SMILES string of the molecule is CCC(CCO)NCC1CCC(C)O1. The van der Waals surface area contributed by atoms with Crippen LogP contribution in [0.5, 0.6) is 0 Å². The van der Waals surface area contributed by atoms with E-state index in [1.165, 1.54) is 12.8 Å². The molecule has 3 heteroatoms. The fraction of sp³-hybridized carbons (Fsp3) is 1.00. The van der Waals surface area contributed by atoms with E-state index in [4.69, 9.17) is 9.84 Å². The van der Waals surface area contributed by atoms with Crippen LogP contribution < -0.4 is 5.32 Å². The second kappa shape index (κ2) is 6.38. The Kier molecular flexibility index (Phi) is 5.45. The van der Waals surface area contributed by atoms with Gasteiger partial charge in [-0.25, -0.2) is 0 Å². The number of aliphatic hydroxyl groups is 1. The standard InChI is InChI=1S/C11H23NO2/c1-3-10(6-7-13)12-8-11-5-4-9(2)14-11/h9-13H,3-8H2,1-2H3. The van der Waals surface area contributed by atoms with Crippen LogP contribution in [0.2, 0.25) is 0 Å². The highest BCUT2D eigenvalue weighted by Gasteiger charge is 2.21. The van der Waals surface area contributed by atoms with Crippen molar-refractivity contribution in [3.63, 3.8) is 0 Å². The molecule has 1 aliphatic heterocycles. The molecule has 0 bridgehead atoms. The molecule has 0 aromatic rings. The maximum absolute atomic E-state index is 8.83. The second-order valence-corrected chi connectivity index (χ2v) is 4.17. The molecule has 1 fully saturated rings. The third-order valence-corrected chi connectivity index (χ3v) is 2.92. The molecule has 1 aliphatic rings. The van der Waals surface area contributed by atoms with Crippen LogP contribution in [0.4, 0.5) is 0 Å². The Morgan fingerprint density at radius 3 is 2.79 bits per heavy atom. The molecule has 0 spiro atoms. The van der Waals surface area contributed by atoms with Crippen LogP contribution in [-0.2, 0) is 4.74 Å². The molecule has 1 saturated heterocycles. The average molecular weight is 201 g/mol. The van der Waals surface area contributed by atoms with Crippen molar-refractivity contribution in [1.82, 2.24) is 5.32 Å². The van der Waals surface area contributed by atoms with E-state index in [0.29, 0.717) is 18.2 Å². The third-order valence-electron chi connectivity index (χ3n) is 2.92. The minimum absolute atomic E-state index is 0.271. The minimum atomic E-state index is 0.271. The Bertz CT molecular complexity index is 148. The van der Waals surface area contributed by atoms with Crippen LogP contribution in [-0.4, -0.2) is 36.5 Å². The van der Waals surface area contributed by atoms with Gasteiger partial charge in [0.25, 0.3) is 0 Å². The van der Waals surface area contributed by atoms with Gasteiger partial charge >= 0.3 is 0 Å². The van der Waals surface area contributed by atoms with E-state index < -0.39 is 0 Å². The smallest absolute Gasteiger partial charge is 0.0704 e. The van der Waals surface area contributed by atoms with Crippen molar-refractivity contribution in [2.45, 2.75) is 57.8 Å². The quantitative estimate of drug-likeness (QED) is 0.680. The first-order valence-corrected chi connectivity index (χ1v) is 5.76. The monoisotopic (exact) mass is 201 g/mol. The van der Waals surface area contributed by atoms with E-state index in [-0.39, 0.29) is 6.61 Å². The Labute approximate surface area is 86.8 Å². The first-order chi connectivity index (χ1) is 6.76. The van der Waals surface area contributed by atoms with Gasteiger partial charge in [0.15, 0.2) is 0 Å². The summed E-state index contributed by atoms with van der Waals surface area (Å²) < 4.78 is 5.71. The summed E-state index contributed by atoms with van der Waals surface area (Å²) in [4.78, 5) is 0. The molecule has 3 atom stereocenters. The van der Waals surface area contributed by atoms with E-state index >= 15 is 0 Å². The summed E-state index contributed by atoms with van der Waals surface area (Å²) in [5, 5.41) is 12.3. The van der Waals surface area contributed by atoms with Crippen molar-refractivity contribution in [3.8, 4) is 0 Å². The summed E-state index contributed by atoms with van der Waals surface area (Å²) in [7, 11) is 0. The molecule has 1 rings (SSSR count). The predicted molar refractivity (Wildman–Crippen MR) is 57.4 cm³/mol. The zero-order valence-corrected chi connectivity index (χ0v) is 9.33. The lowest BCUT2D eigenvalue weighted by Crippen LogP contribution is -2.35. The van der Waals surface area contributed by atoms with E-state index in [2.05, 4.69) is 19.2 Å². The first kappa shape index (κ1) is 12.0. The molecule has 2 N–H and O–H groups in total. The van der Waals surface area contributed by atoms with Crippen molar-refractivity contribution in [2.24, 2.45) is 0 Å². The lowest BCUT2D eigenvalue weighted by atomic mass is 10.1. The van der Waals surface area contributed by atoms with Gasteiger partial charge in [0.2, 0.25) is 0 Å². The van der Waals surface area contributed by atoms with E-state index in [9.17, 15) is 0 Å². The molecule has 3 unspecified atom stereocenters. The van der Waals surface area contributed by atoms with Gasteiger partial charge in [-0.15, -0.1) is 0 Å². The van der Waals surface area contributed by atoms with E-state index in [1.807, 2.05) is 0 Å². The van der Waals surface area contributed by atoms with Crippen LogP contribution in [0.3, 0.4) is 0 Å². The lowest BCUT2D eigenvalue weighted by Gasteiger charge is -2.18. The van der Waals surface area contributed by atoms with Crippen molar-refractivity contribution >= 4 is 0 Å². The zero-order valence-electron chi connectivity index (χ0n) is 9.33. The highest BCUT2D eigenvalue weighted by Crippen LogP contribution is 2.18. The highest BCUT2D eigenvalue weighted by atomic mass is 16.5. The molecule has 0 saturated carbocycles. The summed E-state index contributed by atoms with van der Waals surface area (Å²) in [5.41, 5.74) is 0. The van der Waals surface area contributed by atoms with Crippen LogP contribution >= 0.6 is 0 Å². The van der Waals surface area contributed by atoms with Crippen molar-refractivity contribution in [1.29, 1.82) is 0 Å². The Morgan fingerprint density at radius 2 is 2.29 bits per heavy atom. The number of aliphatic hydroxyl groups excluding tert-OH is 1. The summed E-state index contributed by atoms with van der Waals surface area (Å²) in [6.45, 7) is 5.48. The molecule has 0 aliphatic carbocycles. The number of rotatable bonds is 6. The third kappa shape index (κ3) is 3.95. The van der Waals surface area contributed by atoms with Gasteiger partial charge in [-0.1, -0.05) is 6.92 Å². The van der Waals surface area contributed by atoms with Crippen LogP contribution in [0.1, 0.15) is 39.5 Å². The average Bonchev–Trinajstić information content (AvgIpc) is 2.59. The molecule has 1 heterocycles. The molecule has 0 amide bonds. The summed E-state index contributed by atoms with van der Waals surface area (Å²) >= 11 is 0. The van der Waals surface area contributed by atoms with Crippen molar-refractivity contribution < 1.29 is 9.84 Å². The van der Waals surface area contributed by atoms with Gasteiger partial charge in [0.05, 0.1) is 12.2 Å². The maximum atomic E-state index is 8.83. The van der Waals surface area contributed by atoms with Gasteiger partial charge in [0, 0.05) is 19.2 Å². The lowest BCUT2D eigenvalue weighted by molar-refractivity contribution is 0.0536. The molecule has 14 heavy (non-hydrogen) atoms. The normalized spacial score (nSPS) is 29.4. The summed E-state index contributed by atoms with van der Waals surface area (Å²) in [6.07, 6.45) is 5.09. The molecule has 3 nitrogen and oxygen atoms in total. The van der Waals surface area contributed by atoms with Crippen LogP contribution in [0, 0.1) is 0 Å². The van der Waals surface area contributed by atoms with Gasteiger partial charge < -0.3 is 15.2 Å². The summed E-state index contributed by atoms with van der Waals surface area (Å²) in [6, 6.07) is 0.444. The first-order valence-electron chi connectivity index (χ1n) is 5.76. The maximum Gasteiger partial charge on any atom is 0.0704 e. The molecular formula is C11H23NO2. The fourth-order valence-electron chi connectivity index (χ4n) is 1.94. The molecule has 0 radical (unpaired) electrons. The van der Waals surface area contributed by atoms with Gasteiger partial charge in [-0.2, -0.15) is 0 Å². The second-order valence-electron chi connectivity index (χ2n) is 4.17. The highest BCUT2D eigenvalue weighted by molar-refractivity contribution is 4.75. The Morgan fingerprint density at radius 1 is 1.50 bits per heavy atom.